The van der Waals surface area contributed by atoms with E-state index >= 15 is 0 Å². The fourth-order valence-electron chi connectivity index (χ4n) is 2.24. The number of rotatable bonds is 3. The lowest BCUT2D eigenvalue weighted by Crippen LogP contribution is -2.05. The summed E-state index contributed by atoms with van der Waals surface area (Å²) < 4.78 is 0. The number of carbonyl (C=O) groups is 1. The van der Waals surface area contributed by atoms with Crippen LogP contribution in [0.1, 0.15) is 16.1 Å². The third-order valence-corrected chi connectivity index (χ3v) is 3.31. The van der Waals surface area contributed by atoms with Crippen molar-refractivity contribution in [2.24, 2.45) is 0 Å². The zero-order valence-corrected chi connectivity index (χ0v) is 11.2. The lowest BCUT2D eigenvalue weighted by atomic mass is 10.0. The number of ketones is 1. The van der Waals surface area contributed by atoms with Gasteiger partial charge in [-0.2, -0.15) is 0 Å². The molecule has 0 bridgehead atoms. The van der Waals surface area contributed by atoms with Crippen molar-refractivity contribution < 1.29 is 15.0 Å². The number of phenolic OH excluding ortho intramolecular Hbond substituents is 2. The van der Waals surface area contributed by atoms with Gasteiger partial charge < -0.3 is 10.2 Å². The molecule has 1 aromatic heterocycles. The van der Waals surface area contributed by atoms with Gasteiger partial charge in [0.05, 0.1) is 12.0 Å². The van der Waals surface area contributed by atoms with Crippen molar-refractivity contribution in [3.05, 3.63) is 66.0 Å². The minimum atomic E-state index is -0.240. The molecule has 3 aromatic rings. The first kappa shape index (κ1) is 13.1. The molecule has 0 saturated heterocycles. The van der Waals surface area contributed by atoms with Gasteiger partial charge in [-0.05, 0) is 23.6 Å². The van der Waals surface area contributed by atoms with Gasteiger partial charge in [-0.25, -0.2) is 0 Å². The van der Waals surface area contributed by atoms with Crippen molar-refractivity contribution in [2.45, 2.75) is 6.42 Å². The Morgan fingerprint density at radius 1 is 1.00 bits per heavy atom. The van der Waals surface area contributed by atoms with Crippen molar-refractivity contribution in [2.75, 3.05) is 0 Å². The number of benzene rings is 2. The van der Waals surface area contributed by atoms with E-state index in [2.05, 4.69) is 4.98 Å². The van der Waals surface area contributed by atoms with Gasteiger partial charge in [0, 0.05) is 23.3 Å². The van der Waals surface area contributed by atoms with Crippen molar-refractivity contribution in [1.82, 2.24) is 4.98 Å². The molecule has 21 heavy (non-hydrogen) atoms. The summed E-state index contributed by atoms with van der Waals surface area (Å²) in [5, 5.41) is 21.0. The number of nitrogens with zero attached hydrogens (tertiary/aromatic N) is 1. The SMILES string of the molecule is O=C(Cc1cc2ccccc2cn1)c1ccc(O)cc1O. The van der Waals surface area contributed by atoms with Crippen LogP contribution in [-0.4, -0.2) is 21.0 Å². The highest BCUT2D eigenvalue weighted by molar-refractivity contribution is 6.00. The highest BCUT2D eigenvalue weighted by Gasteiger charge is 2.13. The molecule has 2 aromatic carbocycles. The Labute approximate surface area is 121 Å². The van der Waals surface area contributed by atoms with E-state index in [1.54, 1.807) is 6.20 Å². The van der Waals surface area contributed by atoms with Gasteiger partial charge in [0.25, 0.3) is 0 Å². The molecule has 0 unspecified atom stereocenters. The van der Waals surface area contributed by atoms with Gasteiger partial charge >= 0.3 is 0 Å². The molecule has 0 aliphatic heterocycles. The van der Waals surface area contributed by atoms with E-state index in [-0.39, 0.29) is 29.3 Å². The van der Waals surface area contributed by atoms with Crippen LogP contribution in [0.5, 0.6) is 11.5 Å². The molecule has 0 spiro atoms. The number of pyridine rings is 1. The Morgan fingerprint density at radius 3 is 2.52 bits per heavy atom. The van der Waals surface area contributed by atoms with E-state index < -0.39 is 0 Å². The monoisotopic (exact) mass is 279 g/mol. The van der Waals surface area contributed by atoms with Crippen LogP contribution in [0.15, 0.2) is 54.7 Å². The predicted octanol–water partition coefficient (Wildman–Crippen LogP) is 3.07. The average molecular weight is 279 g/mol. The van der Waals surface area contributed by atoms with Crippen LogP contribution < -0.4 is 0 Å². The van der Waals surface area contributed by atoms with Crippen LogP contribution in [-0.2, 0) is 6.42 Å². The summed E-state index contributed by atoms with van der Waals surface area (Å²) in [5.74, 6) is -0.538. The maximum atomic E-state index is 12.2. The Kier molecular flexibility index (Phi) is 3.28. The topological polar surface area (TPSA) is 70.4 Å². The molecule has 0 fully saturated rings. The number of phenols is 2. The fourth-order valence-corrected chi connectivity index (χ4v) is 2.24. The summed E-state index contributed by atoms with van der Waals surface area (Å²) in [6, 6.07) is 13.6. The molecule has 0 radical (unpaired) electrons. The average Bonchev–Trinajstić information content (AvgIpc) is 2.47. The zero-order valence-electron chi connectivity index (χ0n) is 11.2. The van der Waals surface area contributed by atoms with Gasteiger partial charge in [0.15, 0.2) is 5.78 Å². The smallest absolute Gasteiger partial charge is 0.172 e. The first-order chi connectivity index (χ1) is 10.1. The maximum Gasteiger partial charge on any atom is 0.172 e. The molecular formula is C17H13NO3. The largest absolute Gasteiger partial charge is 0.508 e. The molecule has 1 heterocycles. The van der Waals surface area contributed by atoms with Gasteiger partial charge in [0.2, 0.25) is 0 Å². The lowest BCUT2D eigenvalue weighted by molar-refractivity contribution is 0.0989. The van der Waals surface area contributed by atoms with Gasteiger partial charge in [-0.3, -0.25) is 9.78 Å². The zero-order chi connectivity index (χ0) is 14.8. The molecule has 2 N–H and O–H groups in total. The van der Waals surface area contributed by atoms with Crippen LogP contribution in [0.25, 0.3) is 10.8 Å². The standard InChI is InChI=1S/C17H13NO3/c19-14-5-6-15(17(21)9-14)16(20)8-13-7-11-3-1-2-4-12(11)10-18-13/h1-7,9-10,19,21H,8H2. The quantitative estimate of drug-likeness (QED) is 0.723. The first-order valence-corrected chi connectivity index (χ1v) is 6.52. The molecule has 104 valence electrons. The molecule has 0 atom stereocenters. The molecule has 0 aliphatic rings. The van der Waals surface area contributed by atoms with Crippen LogP contribution in [0.4, 0.5) is 0 Å². The third kappa shape index (κ3) is 2.69. The van der Waals surface area contributed by atoms with Crippen molar-refractivity contribution >= 4 is 16.6 Å². The van der Waals surface area contributed by atoms with Crippen molar-refractivity contribution in [3.8, 4) is 11.5 Å². The lowest BCUT2D eigenvalue weighted by Gasteiger charge is -2.05. The number of carbonyl (C=O) groups excluding carboxylic acids is 1. The highest BCUT2D eigenvalue weighted by atomic mass is 16.3. The van der Waals surface area contributed by atoms with E-state index in [0.29, 0.717) is 5.69 Å². The highest BCUT2D eigenvalue weighted by Crippen LogP contribution is 2.24. The Hall–Kier alpha value is -2.88. The molecule has 0 amide bonds. The van der Waals surface area contributed by atoms with E-state index in [1.807, 2.05) is 30.3 Å². The normalized spacial score (nSPS) is 10.7. The molecule has 4 nitrogen and oxygen atoms in total. The Balaban J connectivity index is 1.89. The fraction of sp³-hybridized carbons (Fsp3) is 0.0588. The Bertz CT molecular complexity index is 827. The minimum absolute atomic E-state index is 0.0760. The summed E-state index contributed by atoms with van der Waals surface area (Å²) in [6.45, 7) is 0. The number of Topliss-reactive ketones (excluding diaryl/α,β-unsaturated/α-hetero) is 1. The van der Waals surface area contributed by atoms with E-state index in [0.717, 1.165) is 16.8 Å². The molecule has 3 rings (SSSR count). The summed E-state index contributed by atoms with van der Waals surface area (Å²) in [6.07, 6.45) is 1.83. The van der Waals surface area contributed by atoms with Crippen molar-refractivity contribution in [3.63, 3.8) is 0 Å². The number of aromatic nitrogens is 1. The summed E-state index contributed by atoms with van der Waals surface area (Å²) >= 11 is 0. The molecule has 0 aliphatic carbocycles. The van der Waals surface area contributed by atoms with Crippen LogP contribution >= 0.6 is 0 Å². The molecular weight excluding hydrogens is 266 g/mol. The van der Waals surface area contributed by atoms with Crippen LogP contribution in [0, 0.1) is 0 Å². The first-order valence-electron chi connectivity index (χ1n) is 6.52. The minimum Gasteiger partial charge on any atom is -0.508 e. The van der Waals surface area contributed by atoms with Gasteiger partial charge in [-0.15, -0.1) is 0 Å². The van der Waals surface area contributed by atoms with Crippen molar-refractivity contribution in [1.29, 1.82) is 0 Å². The maximum absolute atomic E-state index is 12.2. The number of fused-ring (bicyclic) bond motifs is 1. The van der Waals surface area contributed by atoms with Gasteiger partial charge in [-0.1, -0.05) is 24.3 Å². The third-order valence-electron chi connectivity index (χ3n) is 3.31. The summed E-state index contributed by atoms with van der Waals surface area (Å²) in [5.41, 5.74) is 0.828. The van der Waals surface area contributed by atoms with E-state index in [4.69, 9.17) is 0 Å². The molecule has 0 saturated carbocycles. The summed E-state index contributed by atoms with van der Waals surface area (Å²) in [4.78, 5) is 16.5. The number of aromatic hydroxyl groups is 2. The van der Waals surface area contributed by atoms with E-state index in [1.165, 1.54) is 12.1 Å². The molecule has 4 heteroatoms. The Morgan fingerprint density at radius 2 is 1.76 bits per heavy atom. The van der Waals surface area contributed by atoms with Crippen LogP contribution in [0.3, 0.4) is 0 Å². The van der Waals surface area contributed by atoms with Crippen LogP contribution in [0.2, 0.25) is 0 Å². The second-order valence-electron chi connectivity index (χ2n) is 4.82. The second kappa shape index (κ2) is 5.25. The summed E-state index contributed by atoms with van der Waals surface area (Å²) in [7, 11) is 0. The van der Waals surface area contributed by atoms with E-state index in [9.17, 15) is 15.0 Å². The number of hydrogen-bond acceptors (Lipinski definition) is 4. The number of hydrogen-bond donors (Lipinski definition) is 2. The van der Waals surface area contributed by atoms with Gasteiger partial charge in [0.1, 0.15) is 11.5 Å². The second-order valence-corrected chi connectivity index (χ2v) is 4.82. The predicted molar refractivity (Wildman–Crippen MR) is 79.5 cm³/mol.